The van der Waals surface area contributed by atoms with Crippen LogP contribution in [0, 0.1) is 5.41 Å². The molecule has 1 fully saturated rings. The minimum absolute atomic E-state index is 0.0337. The Bertz CT molecular complexity index is 545. The molecule has 2 rings (SSSR count). The van der Waals surface area contributed by atoms with E-state index in [0.29, 0.717) is 12.2 Å². The van der Waals surface area contributed by atoms with E-state index in [2.05, 4.69) is 10.3 Å². The van der Waals surface area contributed by atoms with E-state index in [1.54, 1.807) is 13.1 Å². The number of Topliss-reactive ketones (excluding diaryl/α,β-unsaturated/α-hetero) is 1. The van der Waals surface area contributed by atoms with Crippen LogP contribution in [0.25, 0.3) is 0 Å². The Morgan fingerprint density at radius 2 is 2.43 bits per heavy atom. The molecule has 0 bridgehead atoms. The van der Waals surface area contributed by atoms with E-state index in [9.17, 15) is 4.79 Å². The van der Waals surface area contributed by atoms with Gasteiger partial charge < -0.3 is 21.2 Å². The van der Waals surface area contributed by atoms with Gasteiger partial charge in [0, 0.05) is 31.9 Å². The number of nitrogens with two attached hydrogens (primary N) is 1. The number of carbonyl (C=O) groups excluding carboxylic acids is 1. The van der Waals surface area contributed by atoms with Crippen LogP contribution in [0.15, 0.2) is 29.6 Å². The summed E-state index contributed by atoms with van der Waals surface area (Å²) in [5.74, 6) is -0.193. The molecule has 1 saturated heterocycles. The Hall–Kier alpha value is -2.05. The van der Waals surface area contributed by atoms with Crippen LogP contribution in [0.4, 0.5) is 0 Å². The summed E-state index contributed by atoms with van der Waals surface area (Å²) in [6.07, 6.45) is 2.92. The van der Waals surface area contributed by atoms with Crippen molar-refractivity contribution in [1.29, 1.82) is 5.41 Å². The Morgan fingerprint density at radius 3 is 3.00 bits per heavy atom. The van der Waals surface area contributed by atoms with E-state index in [4.69, 9.17) is 15.9 Å². The van der Waals surface area contributed by atoms with Gasteiger partial charge in [0.05, 0.1) is 18.0 Å². The van der Waals surface area contributed by atoms with Gasteiger partial charge in [0.2, 0.25) is 0 Å². The maximum atomic E-state index is 12.0. The van der Waals surface area contributed by atoms with Crippen molar-refractivity contribution in [3.05, 3.63) is 40.9 Å². The van der Waals surface area contributed by atoms with E-state index in [-0.39, 0.29) is 24.0 Å². The highest BCUT2D eigenvalue weighted by Crippen LogP contribution is 2.17. The van der Waals surface area contributed by atoms with Crippen molar-refractivity contribution in [1.82, 2.24) is 10.3 Å². The van der Waals surface area contributed by atoms with Crippen LogP contribution >= 0.6 is 0 Å². The van der Waals surface area contributed by atoms with Crippen LogP contribution < -0.4 is 11.1 Å². The van der Waals surface area contributed by atoms with Crippen molar-refractivity contribution in [2.24, 2.45) is 5.73 Å². The average molecular weight is 288 g/mol. The largest absolute Gasteiger partial charge is 0.396 e. The molecule has 1 aliphatic heterocycles. The van der Waals surface area contributed by atoms with Crippen LogP contribution in [0.2, 0.25) is 0 Å². The van der Waals surface area contributed by atoms with Crippen LogP contribution in [0.3, 0.4) is 0 Å². The maximum Gasteiger partial charge on any atom is 0.183 e. The molecule has 2 heterocycles. The van der Waals surface area contributed by atoms with Crippen molar-refractivity contribution in [3.8, 4) is 0 Å². The van der Waals surface area contributed by atoms with Crippen molar-refractivity contribution < 1.29 is 9.53 Å². The summed E-state index contributed by atoms with van der Waals surface area (Å²) in [4.78, 5) is 16.3. The van der Waals surface area contributed by atoms with E-state index in [1.165, 1.54) is 0 Å². The first-order chi connectivity index (χ1) is 10.1. The molecular weight excluding hydrogens is 268 g/mol. The van der Waals surface area contributed by atoms with Gasteiger partial charge in [0.25, 0.3) is 0 Å². The molecule has 0 unspecified atom stereocenters. The van der Waals surface area contributed by atoms with Crippen LogP contribution in [-0.2, 0) is 16.0 Å². The molecule has 4 N–H and O–H groups in total. The fourth-order valence-electron chi connectivity index (χ4n) is 2.06. The van der Waals surface area contributed by atoms with Crippen LogP contribution in [-0.4, -0.2) is 36.7 Å². The lowest BCUT2D eigenvalue weighted by Crippen LogP contribution is -2.33. The van der Waals surface area contributed by atoms with Crippen molar-refractivity contribution in [2.45, 2.75) is 19.4 Å². The lowest BCUT2D eigenvalue weighted by molar-refractivity contribution is -0.115. The number of pyridine rings is 1. The smallest absolute Gasteiger partial charge is 0.183 e. The first-order valence-corrected chi connectivity index (χ1v) is 6.89. The number of rotatable bonds is 5. The number of ketones is 1. The van der Waals surface area contributed by atoms with E-state index < -0.39 is 0 Å². The maximum absolute atomic E-state index is 12.0. The summed E-state index contributed by atoms with van der Waals surface area (Å²) in [6.45, 7) is 3.94. The van der Waals surface area contributed by atoms with E-state index >= 15 is 0 Å². The summed E-state index contributed by atoms with van der Waals surface area (Å²) in [5, 5.41) is 10.4. The third-order valence-electron chi connectivity index (χ3n) is 3.41. The number of hydrogen-bond donors (Lipinski definition) is 3. The molecule has 0 amide bonds. The lowest BCUT2D eigenvalue weighted by Gasteiger charge is -2.23. The van der Waals surface area contributed by atoms with Gasteiger partial charge in [-0.2, -0.15) is 0 Å². The van der Waals surface area contributed by atoms with E-state index in [0.717, 1.165) is 30.6 Å². The fraction of sp³-hybridized carbons (Fsp3) is 0.400. The molecule has 0 radical (unpaired) electrons. The molecule has 112 valence electrons. The van der Waals surface area contributed by atoms with Crippen LogP contribution in [0.5, 0.6) is 0 Å². The molecule has 1 aromatic rings. The molecule has 1 aliphatic rings. The quantitative estimate of drug-likeness (QED) is 0.548. The average Bonchev–Trinajstić information content (AvgIpc) is 2.54. The lowest BCUT2D eigenvalue weighted by atomic mass is 10.1. The predicted octanol–water partition coefficient (Wildman–Crippen LogP) is 0.736. The van der Waals surface area contributed by atoms with Gasteiger partial charge in [-0.1, -0.05) is 6.07 Å². The zero-order chi connectivity index (χ0) is 15.2. The second-order valence-electron chi connectivity index (χ2n) is 5.00. The summed E-state index contributed by atoms with van der Waals surface area (Å²) in [7, 11) is 0. The molecule has 1 atom stereocenters. The number of carbonyl (C=O) groups is 1. The zero-order valence-electron chi connectivity index (χ0n) is 12.1. The third-order valence-corrected chi connectivity index (χ3v) is 3.41. The van der Waals surface area contributed by atoms with Gasteiger partial charge in [-0.05, 0) is 24.1 Å². The first-order valence-electron chi connectivity index (χ1n) is 6.89. The highest BCUT2D eigenvalue weighted by atomic mass is 16.5. The van der Waals surface area contributed by atoms with Crippen LogP contribution in [0.1, 0.15) is 24.3 Å². The van der Waals surface area contributed by atoms with Crippen molar-refractivity contribution in [2.75, 3.05) is 19.7 Å². The summed E-state index contributed by atoms with van der Waals surface area (Å²) in [5.41, 5.74) is 7.97. The minimum atomic E-state index is -0.193. The first kappa shape index (κ1) is 15.3. The number of hydrogen-bond acceptors (Lipinski definition) is 6. The molecule has 0 saturated carbocycles. The van der Waals surface area contributed by atoms with Gasteiger partial charge in [0.15, 0.2) is 5.78 Å². The monoisotopic (exact) mass is 288 g/mol. The fourth-order valence-corrected chi connectivity index (χ4v) is 2.06. The van der Waals surface area contributed by atoms with Gasteiger partial charge in [0.1, 0.15) is 6.10 Å². The number of nitrogens with zero attached hydrogens (tertiary/aromatic N) is 1. The molecule has 0 aromatic carbocycles. The SMILES string of the molecule is C/C(C=N)=C(/N)C(=O)Cc1ccc([C@@H]2CNCCO2)nc1. The van der Waals surface area contributed by atoms with Crippen molar-refractivity contribution in [3.63, 3.8) is 0 Å². The summed E-state index contributed by atoms with van der Waals surface area (Å²) in [6, 6.07) is 3.74. The molecule has 6 heteroatoms. The number of morpholine rings is 1. The Morgan fingerprint density at radius 1 is 1.62 bits per heavy atom. The van der Waals surface area contributed by atoms with Gasteiger partial charge in [-0.15, -0.1) is 0 Å². The predicted molar refractivity (Wildman–Crippen MR) is 80.2 cm³/mol. The molecule has 0 spiro atoms. The normalized spacial score (nSPS) is 19.8. The second-order valence-corrected chi connectivity index (χ2v) is 5.00. The number of ether oxygens (including phenoxy) is 1. The van der Waals surface area contributed by atoms with Crippen molar-refractivity contribution >= 4 is 12.0 Å². The summed E-state index contributed by atoms with van der Waals surface area (Å²) >= 11 is 0. The Labute approximate surface area is 123 Å². The standard InChI is InChI=1S/C15H20N4O2/c1-10(7-16)15(17)13(20)6-11-2-3-12(19-8-11)14-9-18-4-5-21-14/h2-3,7-8,14,16,18H,4-6,9,17H2,1H3/b15-10-,16-7?/t14-/m0/s1. The summed E-state index contributed by atoms with van der Waals surface area (Å²) < 4.78 is 5.62. The highest BCUT2D eigenvalue weighted by molar-refractivity contribution is 6.00. The van der Waals surface area contributed by atoms with Gasteiger partial charge in [-0.3, -0.25) is 9.78 Å². The number of aromatic nitrogens is 1. The Kier molecular flexibility index (Phi) is 5.19. The zero-order valence-corrected chi connectivity index (χ0v) is 12.1. The molecule has 21 heavy (non-hydrogen) atoms. The second kappa shape index (κ2) is 7.10. The van der Waals surface area contributed by atoms with Gasteiger partial charge >= 0.3 is 0 Å². The molecule has 6 nitrogen and oxygen atoms in total. The number of nitrogens with one attached hydrogen (secondary N) is 2. The van der Waals surface area contributed by atoms with E-state index in [1.807, 2.05) is 12.1 Å². The highest BCUT2D eigenvalue weighted by Gasteiger charge is 2.17. The third kappa shape index (κ3) is 3.96. The topological polar surface area (TPSA) is 101 Å². The molecule has 1 aromatic heterocycles. The molecular formula is C15H20N4O2. The van der Waals surface area contributed by atoms with Gasteiger partial charge in [-0.25, -0.2) is 0 Å². The Balaban J connectivity index is 2.02. The number of allylic oxidation sites excluding steroid dienone is 2. The molecule has 0 aliphatic carbocycles. The minimum Gasteiger partial charge on any atom is -0.396 e.